The van der Waals surface area contributed by atoms with Crippen molar-refractivity contribution >= 4 is 16.9 Å². The summed E-state index contributed by atoms with van der Waals surface area (Å²) in [5.41, 5.74) is 0.960. The van der Waals surface area contributed by atoms with Crippen LogP contribution in [0.4, 0.5) is 0 Å². The van der Waals surface area contributed by atoms with Crippen molar-refractivity contribution in [1.29, 1.82) is 0 Å². The molecule has 2 heterocycles. The topological polar surface area (TPSA) is 71.2 Å². The standard InChI is InChI=1S/C15H18N4O2/c20-14(18-9-3-6-13(18)15(21)7-8-15)10-19-16-11-4-1-2-5-12(11)17-19/h1-2,4-5,13,21H,3,6-10H2. The maximum Gasteiger partial charge on any atom is 0.246 e. The van der Waals surface area contributed by atoms with Crippen LogP contribution in [0.15, 0.2) is 24.3 Å². The van der Waals surface area contributed by atoms with Crippen molar-refractivity contribution in [2.24, 2.45) is 0 Å². The third kappa shape index (κ3) is 2.19. The highest BCUT2D eigenvalue weighted by Gasteiger charge is 2.52. The van der Waals surface area contributed by atoms with Crippen LogP contribution in [0.1, 0.15) is 25.7 Å². The fraction of sp³-hybridized carbons (Fsp3) is 0.533. The molecular weight excluding hydrogens is 268 g/mol. The van der Waals surface area contributed by atoms with Crippen molar-refractivity contribution in [2.45, 2.75) is 43.9 Å². The van der Waals surface area contributed by atoms with Gasteiger partial charge in [0.2, 0.25) is 5.91 Å². The fourth-order valence-electron chi connectivity index (χ4n) is 3.27. The van der Waals surface area contributed by atoms with Gasteiger partial charge in [0.05, 0.1) is 11.6 Å². The summed E-state index contributed by atoms with van der Waals surface area (Å²) in [7, 11) is 0. The van der Waals surface area contributed by atoms with Crippen LogP contribution in [0, 0.1) is 0 Å². The summed E-state index contributed by atoms with van der Waals surface area (Å²) < 4.78 is 0. The predicted octanol–water partition coefficient (Wildman–Crippen LogP) is 0.947. The minimum Gasteiger partial charge on any atom is -0.388 e. The highest BCUT2D eigenvalue weighted by molar-refractivity contribution is 5.78. The Balaban J connectivity index is 1.52. The van der Waals surface area contributed by atoms with Gasteiger partial charge in [0.25, 0.3) is 0 Å². The van der Waals surface area contributed by atoms with E-state index in [2.05, 4.69) is 10.2 Å². The van der Waals surface area contributed by atoms with Gasteiger partial charge in [0, 0.05) is 6.54 Å². The molecule has 1 N–H and O–H groups in total. The van der Waals surface area contributed by atoms with Crippen LogP contribution in [0.3, 0.4) is 0 Å². The van der Waals surface area contributed by atoms with Crippen molar-refractivity contribution in [2.75, 3.05) is 6.54 Å². The molecule has 1 aromatic carbocycles. The molecule has 4 rings (SSSR count). The van der Waals surface area contributed by atoms with Crippen molar-refractivity contribution in [1.82, 2.24) is 19.9 Å². The summed E-state index contributed by atoms with van der Waals surface area (Å²) in [6.45, 7) is 0.869. The average Bonchev–Trinajstić information content (AvgIpc) is 2.94. The molecule has 2 aliphatic rings. The summed E-state index contributed by atoms with van der Waals surface area (Å²) in [5, 5.41) is 18.9. The van der Waals surface area contributed by atoms with Gasteiger partial charge in [-0.15, -0.1) is 0 Å². The number of amides is 1. The van der Waals surface area contributed by atoms with Gasteiger partial charge in [0.1, 0.15) is 17.6 Å². The number of hydrogen-bond donors (Lipinski definition) is 1. The van der Waals surface area contributed by atoms with Gasteiger partial charge >= 0.3 is 0 Å². The van der Waals surface area contributed by atoms with E-state index in [4.69, 9.17) is 0 Å². The lowest BCUT2D eigenvalue weighted by atomic mass is 10.1. The van der Waals surface area contributed by atoms with Crippen LogP contribution in [0.5, 0.6) is 0 Å². The third-order valence-electron chi connectivity index (χ3n) is 4.56. The van der Waals surface area contributed by atoms with Gasteiger partial charge in [0.15, 0.2) is 0 Å². The second-order valence-electron chi connectivity index (χ2n) is 6.07. The Morgan fingerprint density at radius 2 is 1.95 bits per heavy atom. The molecule has 6 heteroatoms. The monoisotopic (exact) mass is 286 g/mol. The van der Waals surface area contributed by atoms with E-state index in [0.717, 1.165) is 43.3 Å². The first-order valence-corrected chi connectivity index (χ1v) is 7.47. The zero-order valence-corrected chi connectivity index (χ0v) is 11.8. The largest absolute Gasteiger partial charge is 0.388 e. The second-order valence-corrected chi connectivity index (χ2v) is 6.07. The Kier molecular flexibility index (Phi) is 2.75. The molecule has 1 aliphatic carbocycles. The minimum atomic E-state index is -0.631. The maximum atomic E-state index is 12.5. The van der Waals surface area contributed by atoms with E-state index in [1.807, 2.05) is 29.2 Å². The third-order valence-corrected chi connectivity index (χ3v) is 4.56. The molecule has 2 fully saturated rings. The summed E-state index contributed by atoms with van der Waals surface area (Å²) in [5.74, 6) is -0.00173. The van der Waals surface area contributed by atoms with Crippen molar-refractivity contribution < 1.29 is 9.90 Å². The molecule has 1 aromatic heterocycles. The predicted molar refractivity (Wildman–Crippen MR) is 76.4 cm³/mol. The van der Waals surface area contributed by atoms with Gasteiger partial charge in [-0.3, -0.25) is 4.79 Å². The van der Waals surface area contributed by atoms with E-state index < -0.39 is 5.60 Å². The molecule has 1 amide bonds. The Morgan fingerprint density at radius 1 is 1.29 bits per heavy atom. The molecule has 0 bridgehead atoms. The van der Waals surface area contributed by atoms with Crippen molar-refractivity contribution in [3.63, 3.8) is 0 Å². The number of likely N-dealkylation sites (tertiary alicyclic amines) is 1. The van der Waals surface area contributed by atoms with E-state index in [1.54, 1.807) is 0 Å². The van der Waals surface area contributed by atoms with E-state index >= 15 is 0 Å². The number of hydrogen-bond acceptors (Lipinski definition) is 4. The number of carbonyl (C=O) groups is 1. The molecule has 1 aliphatic heterocycles. The van der Waals surface area contributed by atoms with Crippen LogP contribution in [-0.2, 0) is 11.3 Å². The number of aromatic nitrogens is 3. The lowest BCUT2D eigenvalue weighted by molar-refractivity contribution is -0.135. The molecule has 21 heavy (non-hydrogen) atoms. The normalized spacial score (nSPS) is 23.7. The first kappa shape index (κ1) is 12.8. The minimum absolute atomic E-state index is 0.00173. The molecule has 1 saturated heterocycles. The number of benzene rings is 1. The molecule has 2 aromatic rings. The Bertz CT molecular complexity index is 659. The van der Waals surface area contributed by atoms with Crippen molar-refractivity contribution in [3.05, 3.63) is 24.3 Å². The van der Waals surface area contributed by atoms with E-state index in [0.29, 0.717) is 0 Å². The molecule has 110 valence electrons. The maximum absolute atomic E-state index is 12.5. The van der Waals surface area contributed by atoms with Crippen LogP contribution in [0.25, 0.3) is 11.0 Å². The number of nitrogens with zero attached hydrogens (tertiary/aromatic N) is 4. The number of rotatable bonds is 3. The molecule has 1 unspecified atom stereocenters. The van der Waals surface area contributed by atoms with Crippen LogP contribution < -0.4 is 0 Å². The van der Waals surface area contributed by atoms with Crippen LogP contribution in [0.2, 0.25) is 0 Å². The number of carbonyl (C=O) groups excluding carboxylic acids is 1. The molecule has 6 nitrogen and oxygen atoms in total. The van der Waals surface area contributed by atoms with Gasteiger partial charge in [-0.05, 0) is 37.8 Å². The zero-order chi connectivity index (χ0) is 14.4. The van der Waals surface area contributed by atoms with E-state index in [-0.39, 0.29) is 18.5 Å². The number of aliphatic hydroxyl groups is 1. The molecular formula is C15H18N4O2. The lowest BCUT2D eigenvalue weighted by Crippen LogP contribution is -2.45. The summed E-state index contributed by atoms with van der Waals surface area (Å²) in [6, 6.07) is 7.56. The average molecular weight is 286 g/mol. The first-order chi connectivity index (χ1) is 10.2. The SMILES string of the molecule is O=C(Cn1nc2ccccc2n1)N1CCCC1C1(O)CC1. The van der Waals surface area contributed by atoms with Gasteiger partial charge in [-0.2, -0.15) is 15.0 Å². The summed E-state index contributed by atoms with van der Waals surface area (Å²) >= 11 is 0. The van der Waals surface area contributed by atoms with Gasteiger partial charge in [-0.1, -0.05) is 12.1 Å². The van der Waals surface area contributed by atoms with Crippen LogP contribution in [-0.4, -0.2) is 49.1 Å². The molecule has 1 atom stereocenters. The zero-order valence-electron chi connectivity index (χ0n) is 11.8. The van der Waals surface area contributed by atoms with E-state index in [1.165, 1.54) is 4.80 Å². The van der Waals surface area contributed by atoms with E-state index in [9.17, 15) is 9.90 Å². The lowest BCUT2D eigenvalue weighted by Gasteiger charge is -2.28. The Hall–Kier alpha value is -1.95. The molecule has 0 radical (unpaired) electrons. The quantitative estimate of drug-likeness (QED) is 0.912. The molecule has 1 saturated carbocycles. The molecule has 0 spiro atoms. The Morgan fingerprint density at radius 3 is 2.57 bits per heavy atom. The van der Waals surface area contributed by atoms with Crippen molar-refractivity contribution in [3.8, 4) is 0 Å². The van der Waals surface area contributed by atoms with Crippen LogP contribution >= 0.6 is 0 Å². The smallest absolute Gasteiger partial charge is 0.246 e. The summed E-state index contributed by atoms with van der Waals surface area (Å²) in [4.78, 5) is 15.8. The number of fused-ring (bicyclic) bond motifs is 1. The van der Waals surface area contributed by atoms with Gasteiger partial charge in [-0.25, -0.2) is 0 Å². The fourth-order valence-corrected chi connectivity index (χ4v) is 3.27. The Labute approximate surface area is 122 Å². The second kappa shape index (κ2) is 4.53. The highest BCUT2D eigenvalue weighted by Crippen LogP contribution is 2.44. The summed E-state index contributed by atoms with van der Waals surface area (Å²) in [6.07, 6.45) is 3.49. The highest BCUT2D eigenvalue weighted by atomic mass is 16.3. The van der Waals surface area contributed by atoms with Gasteiger partial charge < -0.3 is 10.0 Å². The first-order valence-electron chi connectivity index (χ1n) is 7.47.